The van der Waals surface area contributed by atoms with Crippen molar-refractivity contribution in [2.75, 3.05) is 25.5 Å². The predicted molar refractivity (Wildman–Crippen MR) is 186 cm³/mol. The number of carbonyl (C=O) groups excluding carboxylic acids is 3. The van der Waals surface area contributed by atoms with Gasteiger partial charge in [-0.2, -0.15) is 11.8 Å². The van der Waals surface area contributed by atoms with Crippen molar-refractivity contribution in [3.63, 3.8) is 0 Å². The van der Waals surface area contributed by atoms with Gasteiger partial charge in [0.25, 0.3) is 0 Å². The van der Waals surface area contributed by atoms with Crippen molar-refractivity contribution in [2.45, 2.75) is 44.0 Å². The summed E-state index contributed by atoms with van der Waals surface area (Å²) in [6, 6.07) is 28.9. The van der Waals surface area contributed by atoms with Crippen molar-refractivity contribution in [1.82, 2.24) is 10.2 Å². The fourth-order valence-corrected chi connectivity index (χ4v) is 6.06. The average molecular weight is 643 g/mol. The van der Waals surface area contributed by atoms with Crippen LogP contribution in [0.5, 0.6) is 0 Å². The monoisotopic (exact) mass is 642 g/mol. The maximum Gasteiger partial charge on any atom is 0.309 e. The minimum Gasteiger partial charge on any atom is -0.463 e. The molecule has 0 aliphatic heterocycles. The molecule has 0 heterocycles. The van der Waals surface area contributed by atoms with E-state index >= 15 is 0 Å². The van der Waals surface area contributed by atoms with Crippen LogP contribution in [0.2, 0.25) is 0 Å². The highest BCUT2D eigenvalue weighted by Crippen LogP contribution is 2.19. The van der Waals surface area contributed by atoms with Gasteiger partial charge in [0.2, 0.25) is 11.8 Å². The first-order valence-corrected chi connectivity index (χ1v) is 16.9. The van der Waals surface area contributed by atoms with Crippen molar-refractivity contribution in [3.05, 3.63) is 133 Å². The van der Waals surface area contributed by atoms with Crippen LogP contribution in [0.15, 0.2) is 116 Å². The van der Waals surface area contributed by atoms with Gasteiger partial charge < -0.3 is 20.1 Å². The zero-order valence-electron chi connectivity index (χ0n) is 26.5. The van der Waals surface area contributed by atoms with Crippen LogP contribution in [-0.4, -0.2) is 59.3 Å². The SMILES string of the molecule is C=CC[C@@H](CC(=O)N(CCO)Cc1ccccc1)C(=O)N[C@H](COC(=O)[C@H](CC=C)Cc1ccccc1)CSCc1ccccc1. The van der Waals surface area contributed by atoms with Gasteiger partial charge in [0.15, 0.2) is 0 Å². The zero-order valence-corrected chi connectivity index (χ0v) is 27.3. The molecular weight excluding hydrogens is 596 g/mol. The van der Waals surface area contributed by atoms with Gasteiger partial charge in [-0.05, 0) is 36.0 Å². The van der Waals surface area contributed by atoms with E-state index in [1.54, 1.807) is 28.8 Å². The molecule has 3 rings (SSSR count). The highest BCUT2D eigenvalue weighted by atomic mass is 32.2. The van der Waals surface area contributed by atoms with E-state index in [-0.39, 0.29) is 49.9 Å². The molecule has 2 amide bonds. The van der Waals surface area contributed by atoms with E-state index in [9.17, 15) is 19.5 Å². The van der Waals surface area contributed by atoms with Crippen LogP contribution in [0.4, 0.5) is 0 Å². The summed E-state index contributed by atoms with van der Waals surface area (Å²) >= 11 is 1.64. The number of carbonyl (C=O) groups is 3. The number of nitrogens with zero attached hydrogens (tertiary/aromatic N) is 1. The summed E-state index contributed by atoms with van der Waals surface area (Å²) in [5.41, 5.74) is 3.13. The summed E-state index contributed by atoms with van der Waals surface area (Å²) in [7, 11) is 0. The number of amides is 2. The molecule has 0 saturated carbocycles. The molecule has 0 bridgehead atoms. The number of benzene rings is 3. The molecule has 8 heteroatoms. The van der Waals surface area contributed by atoms with E-state index in [0.29, 0.717) is 31.6 Å². The van der Waals surface area contributed by atoms with Gasteiger partial charge >= 0.3 is 5.97 Å². The van der Waals surface area contributed by atoms with Gasteiger partial charge in [-0.25, -0.2) is 0 Å². The molecule has 7 nitrogen and oxygen atoms in total. The Balaban J connectivity index is 1.68. The molecule has 244 valence electrons. The molecular formula is C38H46N2O5S. The summed E-state index contributed by atoms with van der Waals surface area (Å²) in [6.45, 7) is 7.95. The summed E-state index contributed by atoms with van der Waals surface area (Å²) in [6.07, 6.45) is 4.63. The molecule has 0 aliphatic rings. The Kier molecular flexibility index (Phi) is 16.4. The Bertz CT molecular complexity index is 1350. The van der Waals surface area contributed by atoms with Crippen molar-refractivity contribution in [2.24, 2.45) is 11.8 Å². The van der Waals surface area contributed by atoms with Crippen LogP contribution >= 0.6 is 11.8 Å². The lowest BCUT2D eigenvalue weighted by molar-refractivity contribution is -0.149. The number of ether oxygens (including phenoxy) is 1. The number of thioether (sulfide) groups is 1. The highest BCUT2D eigenvalue weighted by Gasteiger charge is 2.27. The number of rotatable bonds is 21. The molecule has 3 atom stereocenters. The smallest absolute Gasteiger partial charge is 0.309 e. The van der Waals surface area contributed by atoms with E-state index in [0.717, 1.165) is 22.4 Å². The van der Waals surface area contributed by atoms with Crippen molar-refractivity contribution in [1.29, 1.82) is 0 Å². The molecule has 0 spiro atoms. The van der Waals surface area contributed by atoms with Gasteiger partial charge in [0.05, 0.1) is 24.5 Å². The van der Waals surface area contributed by atoms with Crippen LogP contribution in [0.1, 0.15) is 36.0 Å². The fraction of sp³-hybridized carbons (Fsp3) is 0.342. The quantitative estimate of drug-likeness (QED) is 0.110. The van der Waals surface area contributed by atoms with Crippen LogP contribution < -0.4 is 5.32 Å². The number of aliphatic hydroxyl groups is 1. The largest absolute Gasteiger partial charge is 0.463 e. The highest BCUT2D eigenvalue weighted by molar-refractivity contribution is 7.98. The van der Waals surface area contributed by atoms with Gasteiger partial charge in [-0.15, -0.1) is 13.2 Å². The Morgan fingerprint density at radius 3 is 1.98 bits per heavy atom. The van der Waals surface area contributed by atoms with Crippen molar-refractivity contribution < 1.29 is 24.2 Å². The lowest BCUT2D eigenvalue weighted by Gasteiger charge is -2.26. The van der Waals surface area contributed by atoms with E-state index in [1.807, 2.05) is 91.0 Å². The topological polar surface area (TPSA) is 95.9 Å². The minimum absolute atomic E-state index is 0.00813. The number of hydrogen-bond acceptors (Lipinski definition) is 6. The molecule has 46 heavy (non-hydrogen) atoms. The normalized spacial score (nSPS) is 12.7. The Morgan fingerprint density at radius 2 is 1.39 bits per heavy atom. The molecule has 0 aromatic heterocycles. The van der Waals surface area contributed by atoms with Crippen LogP contribution in [-0.2, 0) is 37.8 Å². The van der Waals surface area contributed by atoms with E-state index in [2.05, 4.69) is 18.5 Å². The fourth-order valence-electron chi connectivity index (χ4n) is 5.05. The lowest BCUT2D eigenvalue weighted by Crippen LogP contribution is -2.45. The third-order valence-corrected chi connectivity index (χ3v) is 8.67. The molecule has 0 fully saturated rings. The van der Waals surface area contributed by atoms with Gasteiger partial charge in [0.1, 0.15) is 6.61 Å². The second-order valence-electron chi connectivity index (χ2n) is 11.2. The second-order valence-corrected chi connectivity index (χ2v) is 12.2. The molecule has 3 aromatic carbocycles. The summed E-state index contributed by atoms with van der Waals surface area (Å²) < 4.78 is 5.81. The Hall–Kier alpha value is -4.14. The van der Waals surface area contributed by atoms with Crippen molar-refractivity contribution in [3.8, 4) is 0 Å². The molecule has 0 radical (unpaired) electrons. The van der Waals surface area contributed by atoms with Gasteiger partial charge in [0, 0.05) is 31.0 Å². The molecule has 0 saturated heterocycles. The predicted octanol–water partition coefficient (Wildman–Crippen LogP) is 5.99. The first-order chi connectivity index (χ1) is 22.4. The zero-order chi connectivity index (χ0) is 33.0. The summed E-state index contributed by atoms with van der Waals surface area (Å²) in [4.78, 5) is 41.8. The van der Waals surface area contributed by atoms with Gasteiger partial charge in [-0.1, -0.05) is 103 Å². The Morgan fingerprint density at radius 1 is 0.826 bits per heavy atom. The number of nitrogens with one attached hydrogen (secondary N) is 1. The van der Waals surface area contributed by atoms with Crippen molar-refractivity contribution >= 4 is 29.5 Å². The van der Waals surface area contributed by atoms with E-state index in [1.165, 1.54) is 0 Å². The third kappa shape index (κ3) is 13.1. The molecule has 0 unspecified atom stereocenters. The standard InChI is InChI=1S/C38H46N2O5S/c1-3-14-33(25-36(42)40(22-23-41)26-31-18-10-6-11-19-31)37(43)39-35(29-46-28-32-20-12-7-13-21-32)27-45-38(44)34(15-4-2)24-30-16-8-5-9-17-30/h3-13,16-21,33-35,41H,1-2,14-15,22-29H2,(H,39,43)/t33-,34+,35+/m0/s1. The number of hydrogen-bond donors (Lipinski definition) is 2. The first kappa shape index (κ1) is 36.3. The second kappa shape index (κ2) is 20.8. The Labute approximate surface area is 277 Å². The maximum atomic E-state index is 13.6. The average Bonchev–Trinajstić information content (AvgIpc) is 3.07. The third-order valence-electron chi connectivity index (χ3n) is 7.50. The number of aliphatic hydroxyl groups excluding tert-OH is 1. The number of esters is 1. The maximum absolute atomic E-state index is 13.6. The van der Waals surface area contributed by atoms with Crippen LogP contribution in [0.3, 0.4) is 0 Å². The summed E-state index contributed by atoms with van der Waals surface area (Å²) in [5.74, 6) is -0.669. The first-order valence-electron chi connectivity index (χ1n) is 15.7. The van der Waals surface area contributed by atoms with E-state index < -0.39 is 12.0 Å². The van der Waals surface area contributed by atoms with Crippen LogP contribution in [0.25, 0.3) is 0 Å². The molecule has 0 aliphatic carbocycles. The molecule has 3 aromatic rings. The van der Waals surface area contributed by atoms with Crippen LogP contribution in [0, 0.1) is 11.8 Å². The molecule has 2 N–H and O–H groups in total. The summed E-state index contributed by atoms with van der Waals surface area (Å²) in [5, 5.41) is 12.7. The minimum atomic E-state index is -0.661. The van der Waals surface area contributed by atoms with Gasteiger partial charge in [-0.3, -0.25) is 14.4 Å². The van der Waals surface area contributed by atoms with E-state index in [4.69, 9.17) is 4.74 Å². The lowest BCUT2D eigenvalue weighted by atomic mass is 9.96. The number of allylic oxidation sites excluding steroid dienone is 2.